The maximum atomic E-state index is 10.1. The Labute approximate surface area is 101 Å². The summed E-state index contributed by atoms with van der Waals surface area (Å²) in [7, 11) is 1.66. The van der Waals surface area contributed by atoms with E-state index in [1.165, 1.54) is 0 Å². The first-order valence-electron chi connectivity index (χ1n) is 5.36. The molecule has 2 N–H and O–H groups in total. The van der Waals surface area contributed by atoms with Crippen LogP contribution in [-0.2, 0) is 11.2 Å². The molecule has 5 heteroatoms. The molecule has 0 fully saturated rings. The largest absolute Gasteiger partial charge is 0.388 e. The predicted octanol–water partition coefficient (Wildman–Crippen LogP) is 0.981. The van der Waals surface area contributed by atoms with Crippen molar-refractivity contribution in [2.75, 3.05) is 26.8 Å². The number of hydrogen-bond acceptors (Lipinski definition) is 5. The second-order valence-corrected chi connectivity index (χ2v) is 5.26. The van der Waals surface area contributed by atoms with Crippen LogP contribution < -0.4 is 5.32 Å². The van der Waals surface area contributed by atoms with Crippen molar-refractivity contribution in [2.24, 2.45) is 0 Å². The predicted molar refractivity (Wildman–Crippen MR) is 65.9 cm³/mol. The highest BCUT2D eigenvalue weighted by Crippen LogP contribution is 2.15. The maximum absolute atomic E-state index is 10.1. The van der Waals surface area contributed by atoms with Crippen LogP contribution in [0.5, 0.6) is 0 Å². The lowest BCUT2D eigenvalue weighted by Crippen LogP contribution is -2.40. The van der Waals surface area contributed by atoms with E-state index < -0.39 is 5.60 Å². The molecule has 0 radical (unpaired) electrons. The summed E-state index contributed by atoms with van der Waals surface area (Å²) in [4.78, 5) is 4.35. The fourth-order valence-corrected chi connectivity index (χ4v) is 2.09. The number of aliphatic hydroxyl groups is 1. The van der Waals surface area contributed by atoms with E-state index in [1.807, 2.05) is 19.2 Å². The van der Waals surface area contributed by atoms with Crippen LogP contribution in [0.2, 0.25) is 0 Å². The Balaban J connectivity index is 2.33. The molecule has 0 aliphatic heterocycles. The van der Waals surface area contributed by atoms with Gasteiger partial charge in [0.1, 0.15) is 0 Å². The molecule has 0 aliphatic rings. The summed E-state index contributed by atoms with van der Waals surface area (Å²) < 4.78 is 4.92. The molecule has 0 saturated carbocycles. The van der Waals surface area contributed by atoms with Crippen LogP contribution in [0.3, 0.4) is 0 Å². The lowest BCUT2D eigenvalue weighted by atomic mass is 10.0. The fraction of sp³-hybridized carbons (Fsp3) is 0.727. The van der Waals surface area contributed by atoms with Crippen LogP contribution in [0.15, 0.2) is 5.38 Å². The van der Waals surface area contributed by atoms with Crippen molar-refractivity contribution >= 4 is 11.3 Å². The average molecular weight is 244 g/mol. The van der Waals surface area contributed by atoms with Gasteiger partial charge >= 0.3 is 0 Å². The smallest absolute Gasteiger partial charge is 0.0897 e. The second-order valence-electron chi connectivity index (χ2n) is 4.20. The van der Waals surface area contributed by atoms with Crippen molar-refractivity contribution in [1.82, 2.24) is 10.3 Å². The molecule has 1 rings (SSSR count). The van der Waals surface area contributed by atoms with Gasteiger partial charge in [0.05, 0.1) is 22.9 Å². The molecule has 92 valence electrons. The second kappa shape index (κ2) is 6.30. The molecule has 0 aromatic carbocycles. The minimum Gasteiger partial charge on any atom is -0.388 e. The van der Waals surface area contributed by atoms with E-state index in [4.69, 9.17) is 4.74 Å². The zero-order valence-electron chi connectivity index (χ0n) is 10.1. The normalized spacial score (nSPS) is 15.0. The number of hydrogen-bond donors (Lipinski definition) is 2. The molecule has 0 amide bonds. The summed E-state index contributed by atoms with van der Waals surface area (Å²) in [5.41, 5.74) is 0.204. The molecular weight excluding hydrogens is 224 g/mol. The van der Waals surface area contributed by atoms with Gasteiger partial charge < -0.3 is 15.2 Å². The number of nitrogens with zero attached hydrogens (tertiary/aromatic N) is 1. The molecular formula is C11H20N2O2S. The van der Waals surface area contributed by atoms with Crippen molar-refractivity contribution in [2.45, 2.75) is 25.9 Å². The van der Waals surface area contributed by atoms with Crippen LogP contribution in [0.4, 0.5) is 0 Å². The Bertz CT molecular complexity index is 313. The summed E-state index contributed by atoms with van der Waals surface area (Å²) in [5, 5.41) is 16.3. The van der Waals surface area contributed by atoms with Crippen LogP contribution in [0.25, 0.3) is 0 Å². The van der Waals surface area contributed by atoms with Crippen molar-refractivity contribution in [3.63, 3.8) is 0 Å². The number of methoxy groups -OCH3 is 1. The summed E-state index contributed by atoms with van der Waals surface area (Å²) in [6, 6.07) is 0. The molecule has 1 aromatic rings. The van der Waals surface area contributed by atoms with Gasteiger partial charge in [-0.1, -0.05) is 0 Å². The van der Waals surface area contributed by atoms with Gasteiger partial charge in [-0.25, -0.2) is 4.98 Å². The SMILES string of the molecule is COCCNCC(C)(O)Cc1csc(C)n1. The van der Waals surface area contributed by atoms with E-state index in [-0.39, 0.29) is 0 Å². The molecule has 1 aromatic heterocycles. The highest BCUT2D eigenvalue weighted by Gasteiger charge is 2.21. The van der Waals surface area contributed by atoms with Crippen molar-refractivity contribution < 1.29 is 9.84 Å². The Morgan fingerprint density at radius 2 is 2.38 bits per heavy atom. The lowest BCUT2D eigenvalue weighted by molar-refractivity contribution is 0.0573. The van der Waals surface area contributed by atoms with Gasteiger partial charge in [-0.15, -0.1) is 11.3 Å². The molecule has 16 heavy (non-hydrogen) atoms. The molecule has 4 nitrogen and oxygen atoms in total. The maximum Gasteiger partial charge on any atom is 0.0897 e. The highest BCUT2D eigenvalue weighted by molar-refractivity contribution is 7.09. The monoisotopic (exact) mass is 244 g/mol. The average Bonchev–Trinajstić information content (AvgIpc) is 2.58. The number of aromatic nitrogens is 1. The van der Waals surface area contributed by atoms with Gasteiger partial charge in [-0.3, -0.25) is 0 Å². The van der Waals surface area contributed by atoms with Crippen LogP contribution in [0, 0.1) is 6.92 Å². The van der Waals surface area contributed by atoms with Crippen LogP contribution >= 0.6 is 11.3 Å². The summed E-state index contributed by atoms with van der Waals surface area (Å²) in [6.45, 7) is 5.75. The van der Waals surface area contributed by atoms with Gasteiger partial charge in [-0.2, -0.15) is 0 Å². The minimum absolute atomic E-state index is 0.549. The zero-order chi connectivity index (χ0) is 12.0. The van der Waals surface area contributed by atoms with E-state index in [1.54, 1.807) is 18.4 Å². The quantitative estimate of drug-likeness (QED) is 0.702. The van der Waals surface area contributed by atoms with Gasteiger partial charge in [0, 0.05) is 32.0 Å². The standard InChI is InChI=1S/C11H20N2O2S/c1-9-13-10(7-16-9)6-11(2,14)8-12-4-5-15-3/h7,12,14H,4-6,8H2,1-3H3. The van der Waals surface area contributed by atoms with Gasteiger partial charge in [0.25, 0.3) is 0 Å². The Hall–Kier alpha value is -0.490. The van der Waals surface area contributed by atoms with Crippen molar-refractivity contribution in [3.05, 3.63) is 16.1 Å². The van der Waals surface area contributed by atoms with Gasteiger partial charge in [0.2, 0.25) is 0 Å². The molecule has 1 unspecified atom stereocenters. The Morgan fingerprint density at radius 3 is 2.94 bits per heavy atom. The summed E-state index contributed by atoms with van der Waals surface area (Å²) in [5.74, 6) is 0. The van der Waals surface area contributed by atoms with Crippen LogP contribution in [-0.4, -0.2) is 42.5 Å². The highest BCUT2D eigenvalue weighted by atomic mass is 32.1. The topological polar surface area (TPSA) is 54.4 Å². The third-order valence-corrected chi connectivity index (χ3v) is 3.04. The van der Waals surface area contributed by atoms with E-state index in [0.29, 0.717) is 19.6 Å². The first kappa shape index (κ1) is 13.6. The zero-order valence-corrected chi connectivity index (χ0v) is 10.9. The first-order chi connectivity index (χ1) is 7.53. The first-order valence-corrected chi connectivity index (χ1v) is 6.24. The van der Waals surface area contributed by atoms with Crippen LogP contribution in [0.1, 0.15) is 17.6 Å². The number of nitrogens with one attached hydrogen (secondary N) is 1. The fourth-order valence-electron chi connectivity index (χ4n) is 1.47. The lowest BCUT2D eigenvalue weighted by Gasteiger charge is -2.22. The Kier molecular flexibility index (Phi) is 5.34. The van der Waals surface area contributed by atoms with Gasteiger partial charge in [0.15, 0.2) is 0 Å². The van der Waals surface area contributed by atoms with Crippen molar-refractivity contribution in [1.29, 1.82) is 0 Å². The number of ether oxygens (including phenoxy) is 1. The van der Waals surface area contributed by atoms with Crippen molar-refractivity contribution in [3.8, 4) is 0 Å². The minimum atomic E-state index is -0.756. The number of aryl methyl sites for hydroxylation is 1. The molecule has 0 saturated heterocycles. The van der Waals surface area contributed by atoms with E-state index in [0.717, 1.165) is 17.2 Å². The summed E-state index contributed by atoms with van der Waals surface area (Å²) >= 11 is 1.61. The van der Waals surface area contributed by atoms with E-state index >= 15 is 0 Å². The van der Waals surface area contributed by atoms with E-state index in [9.17, 15) is 5.11 Å². The molecule has 0 bridgehead atoms. The third-order valence-electron chi connectivity index (χ3n) is 2.22. The molecule has 0 spiro atoms. The molecule has 0 aliphatic carbocycles. The molecule has 1 atom stereocenters. The number of thiazole rings is 1. The van der Waals surface area contributed by atoms with Gasteiger partial charge in [-0.05, 0) is 13.8 Å². The summed E-state index contributed by atoms with van der Waals surface area (Å²) in [6.07, 6.45) is 0.581. The third kappa shape index (κ3) is 5.03. The van der Waals surface area contributed by atoms with E-state index in [2.05, 4.69) is 10.3 Å². The number of rotatable bonds is 7. The molecule has 1 heterocycles. The Morgan fingerprint density at radius 1 is 1.62 bits per heavy atom.